The van der Waals surface area contributed by atoms with Crippen molar-refractivity contribution in [2.75, 3.05) is 0 Å². The van der Waals surface area contributed by atoms with Gasteiger partial charge in [0.05, 0.1) is 12.8 Å². The minimum Gasteiger partial charge on any atom is -0.299 e. The minimum absolute atomic E-state index is 0.124. The van der Waals surface area contributed by atoms with Gasteiger partial charge in [0.2, 0.25) is 0 Å². The zero-order valence-corrected chi connectivity index (χ0v) is 11.6. The number of Topliss-reactive ketones (excluding diaryl/α,β-unsaturated/α-hetero) is 1. The Labute approximate surface area is 110 Å². The summed E-state index contributed by atoms with van der Waals surface area (Å²) in [7, 11) is 0. The van der Waals surface area contributed by atoms with Crippen molar-refractivity contribution >= 4 is 17.1 Å². The highest BCUT2D eigenvalue weighted by atomic mass is 32.1. The third-order valence-corrected chi connectivity index (χ3v) is 3.47. The molecule has 0 N–H and O–H groups in total. The lowest BCUT2D eigenvalue weighted by atomic mass is 10.2. The van der Waals surface area contributed by atoms with E-state index in [1.165, 1.54) is 17.7 Å². The number of rotatable bonds is 5. The summed E-state index contributed by atoms with van der Waals surface area (Å²) in [5.41, 5.74) is 0.966. The van der Waals surface area contributed by atoms with Crippen LogP contribution in [0.3, 0.4) is 0 Å². The number of nitrogens with zero attached hydrogens (tertiary/aromatic N) is 4. The molecule has 2 aromatic rings. The Morgan fingerprint density at radius 1 is 1.44 bits per heavy atom. The van der Waals surface area contributed by atoms with Gasteiger partial charge in [-0.3, -0.25) is 4.79 Å². The Morgan fingerprint density at radius 3 is 2.83 bits per heavy atom. The molecule has 0 aromatic carbocycles. The van der Waals surface area contributed by atoms with Gasteiger partial charge in [-0.25, -0.2) is 14.6 Å². The van der Waals surface area contributed by atoms with Crippen LogP contribution in [0.2, 0.25) is 0 Å². The molecule has 0 fully saturated rings. The molecule has 0 radical (unpaired) electrons. The Kier molecular flexibility index (Phi) is 3.86. The van der Waals surface area contributed by atoms with E-state index in [2.05, 4.69) is 15.1 Å². The van der Waals surface area contributed by atoms with Gasteiger partial charge in [-0.2, -0.15) is 5.10 Å². The summed E-state index contributed by atoms with van der Waals surface area (Å²) in [4.78, 5) is 20.4. The highest BCUT2D eigenvalue weighted by molar-refractivity contribution is 7.09. The Balaban J connectivity index is 2.01. The van der Waals surface area contributed by atoms with Crippen LogP contribution in [0.1, 0.15) is 36.4 Å². The van der Waals surface area contributed by atoms with Crippen LogP contribution in [0.4, 0.5) is 0 Å². The molecule has 96 valence electrons. The van der Waals surface area contributed by atoms with E-state index in [9.17, 15) is 4.79 Å². The number of hydrogen-bond donors (Lipinski definition) is 0. The molecule has 0 aliphatic heterocycles. The van der Waals surface area contributed by atoms with Gasteiger partial charge in [-0.1, -0.05) is 0 Å². The Hall–Kier alpha value is -1.56. The molecule has 0 saturated carbocycles. The summed E-state index contributed by atoms with van der Waals surface area (Å²) in [6.07, 6.45) is 2.19. The molecule has 2 heterocycles. The van der Waals surface area contributed by atoms with E-state index in [0.717, 1.165) is 16.5 Å². The van der Waals surface area contributed by atoms with E-state index in [1.807, 2.05) is 26.2 Å². The third kappa shape index (κ3) is 3.01. The number of hydrogen-bond acceptors (Lipinski definition) is 5. The van der Waals surface area contributed by atoms with E-state index >= 15 is 0 Å². The summed E-state index contributed by atoms with van der Waals surface area (Å²) in [5, 5.41) is 6.95. The maximum absolute atomic E-state index is 11.9. The van der Waals surface area contributed by atoms with Gasteiger partial charge in [0.25, 0.3) is 0 Å². The number of carbonyl (C=O) groups is 1. The van der Waals surface area contributed by atoms with Crippen molar-refractivity contribution in [1.82, 2.24) is 19.7 Å². The van der Waals surface area contributed by atoms with Gasteiger partial charge < -0.3 is 0 Å². The van der Waals surface area contributed by atoms with Crippen molar-refractivity contribution in [3.05, 3.63) is 28.2 Å². The van der Waals surface area contributed by atoms with Crippen LogP contribution in [-0.2, 0) is 17.6 Å². The number of ketones is 1. The zero-order valence-electron chi connectivity index (χ0n) is 10.8. The van der Waals surface area contributed by atoms with Crippen molar-refractivity contribution < 1.29 is 4.79 Å². The Morgan fingerprint density at radius 2 is 2.22 bits per heavy atom. The lowest BCUT2D eigenvalue weighted by molar-refractivity contribution is -0.117. The van der Waals surface area contributed by atoms with Gasteiger partial charge in [0, 0.05) is 17.1 Å². The lowest BCUT2D eigenvalue weighted by Crippen LogP contribution is -2.14. The molecule has 0 saturated heterocycles. The second-order valence-electron chi connectivity index (χ2n) is 4.49. The van der Waals surface area contributed by atoms with Gasteiger partial charge >= 0.3 is 0 Å². The molecule has 2 aromatic heterocycles. The number of aromatic nitrogens is 4. The summed E-state index contributed by atoms with van der Waals surface area (Å²) >= 11 is 1.53. The largest absolute Gasteiger partial charge is 0.299 e. The molecular weight excluding hydrogens is 248 g/mol. The molecule has 2 rings (SSSR count). The van der Waals surface area contributed by atoms with Gasteiger partial charge in [0.1, 0.15) is 22.9 Å². The molecule has 0 spiro atoms. The topological polar surface area (TPSA) is 60.7 Å². The van der Waals surface area contributed by atoms with Crippen LogP contribution in [0.15, 0.2) is 11.7 Å². The lowest BCUT2D eigenvalue weighted by Gasteiger charge is -2.08. The first-order valence-corrected chi connectivity index (χ1v) is 6.75. The van der Waals surface area contributed by atoms with Crippen LogP contribution in [0.25, 0.3) is 0 Å². The van der Waals surface area contributed by atoms with Crippen molar-refractivity contribution in [2.45, 2.75) is 39.7 Å². The molecule has 0 unspecified atom stereocenters. The maximum atomic E-state index is 11.9. The second kappa shape index (κ2) is 5.39. The molecule has 18 heavy (non-hydrogen) atoms. The summed E-state index contributed by atoms with van der Waals surface area (Å²) < 4.78 is 1.78. The van der Waals surface area contributed by atoms with Gasteiger partial charge in [-0.05, 0) is 20.8 Å². The van der Waals surface area contributed by atoms with Gasteiger partial charge in [-0.15, -0.1) is 11.3 Å². The first-order valence-electron chi connectivity index (χ1n) is 5.87. The fourth-order valence-corrected chi connectivity index (χ4v) is 2.52. The average molecular weight is 264 g/mol. The predicted octanol–water partition coefficient (Wildman–Crippen LogP) is 1.98. The van der Waals surface area contributed by atoms with Crippen LogP contribution in [0, 0.1) is 6.92 Å². The zero-order chi connectivity index (χ0) is 13.1. The molecule has 0 aliphatic rings. The van der Waals surface area contributed by atoms with Crippen LogP contribution < -0.4 is 0 Å². The molecule has 6 heteroatoms. The summed E-state index contributed by atoms with van der Waals surface area (Å²) in [5.74, 6) is 0.850. The molecule has 5 nitrogen and oxygen atoms in total. The smallest absolute Gasteiger partial charge is 0.147 e. The first-order chi connectivity index (χ1) is 8.56. The van der Waals surface area contributed by atoms with E-state index in [-0.39, 0.29) is 11.8 Å². The number of thiazole rings is 1. The van der Waals surface area contributed by atoms with Crippen molar-refractivity contribution in [3.63, 3.8) is 0 Å². The minimum atomic E-state index is 0.124. The van der Waals surface area contributed by atoms with Crippen molar-refractivity contribution in [1.29, 1.82) is 0 Å². The van der Waals surface area contributed by atoms with E-state index < -0.39 is 0 Å². The molecular formula is C12H16N4OS. The first kappa shape index (κ1) is 12.9. The van der Waals surface area contributed by atoms with Crippen LogP contribution >= 0.6 is 11.3 Å². The van der Waals surface area contributed by atoms with Crippen molar-refractivity contribution in [3.8, 4) is 0 Å². The van der Waals surface area contributed by atoms with E-state index in [0.29, 0.717) is 12.8 Å². The molecule has 0 amide bonds. The quantitative estimate of drug-likeness (QED) is 0.828. The normalized spacial score (nSPS) is 11.1. The Bertz CT molecular complexity index is 544. The monoisotopic (exact) mass is 264 g/mol. The summed E-state index contributed by atoms with van der Waals surface area (Å²) in [6, 6.07) is 0.220. The molecule has 0 bridgehead atoms. The van der Waals surface area contributed by atoms with Crippen LogP contribution in [-0.4, -0.2) is 25.5 Å². The SMILES string of the molecule is Cc1csc(CC(=O)Cc2ncnn2C(C)C)n1. The fraction of sp³-hybridized carbons (Fsp3) is 0.500. The molecule has 0 aliphatic carbocycles. The average Bonchev–Trinajstić information content (AvgIpc) is 2.87. The second-order valence-corrected chi connectivity index (χ2v) is 5.43. The van der Waals surface area contributed by atoms with E-state index in [1.54, 1.807) is 4.68 Å². The predicted molar refractivity (Wildman–Crippen MR) is 69.7 cm³/mol. The highest BCUT2D eigenvalue weighted by Gasteiger charge is 2.13. The molecule has 0 atom stereocenters. The fourth-order valence-electron chi connectivity index (χ4n) is 1.72. The summed E-state index contributed by atoms with van der Waals surface area (Å²) in [6.45, 7) is 5.97. The standard InChI is InChI=1S/C12H16N4OS/c1-8(2)16-11(13-7-14-16)4-10(17)5-12-15-9(3)6-18-12/h6-8H,4-5H2,1-3H3. The third-order valence-electron chi connectivity index (χ3n) is 2.51. The maximum Gasteiger partial charge on any atom is 0.147 e. The number of aryl methyl sites for hydroxylation is 1. The van der Waals surface area contributed by atoms with Crippen molar-refractivity contribution in [2.24, 2.45) is 0 Å². The van der Waals surface area contributed by atoms with Gasteiger partial charge in [0.15, 0.2) is 0 Å². The van der Waals surface area contributed by atoms with Crippen LogP contribution in [0.5, 0.6) is 0 Å². The van der Waals surface area contributed by atoms with E-state index in [4.69, 9.17) is 0 Å². The number of carbonyl (C=O) groups excluding carboxylic acids is 1. The highest BCUT2D eigenvalue weighted by Crippen LogP contribution is 2.12.